The molecule has 5 nitrogen and oxygen atoms in total. The van der Waals surface area contributed by atoms with E-state index in [0.29, 0.717) is 29.3 Å². The molecule has 1 aliphatic heterocycles. The number of piperidine rings is 1. The zero-order valence-corrected chi connectivity index (χ0v) is 13.2. The summed E-state index contributed by atoms with van der Waals surface area (Å²) < 4.78 is 64.3. The van der Waals surface area contributed by atoms with Gasteiger partial charge in [-0.05, 0) is 37.5 Å². The van der Waals surface area contributed by atoms with Crippen molar-refractivity contribution < 1.29 is 31.5 Å². The van der Waals surface area contributed by atoms with Gasteiger partial charge < -0.3 is 5.11 Å². The molecule has 1 N–H and O–H groups in total. The van der Waals surface area contributed by atoms with E-state index < -0.39 is 38.7 Å². The summed E-state index contributed by atoms with van der Waals surface area (Å²) in [6.07, 6.45) is -3.67. The largest absolute Gasteiger partial charge is 0.480 e. The molecule has 0 saturated carbocycles. The molecule has 0 bridgehead atoms. The van der Waals surface area contributed by atoms with E-state index in [9.17, 15) is 26.4 Å². The molecule has 1 aromatic carbocycles. The smallest absolute Gasteiger partial charge is 0.416 e. The molecule has 0 amide bonds. The first-order chi connectivity index (χ1) is 10.5. The van der Waals surface area contributed by atoms with Crippen LogP contribution < -0.4 is 0 Å². The van der Waals surface area contributed by atoms with Crippen LogP contribution in [0.1, 0.15) is 24.8 Å². The summed E-state index contributed by atoms with van der Waals surface area (Å²) in [7, 11) is -4.45. The first-order valence-corrected chi connectivity index (χ1v) is 8.48. The Morgan fingerprint density at radius 3 is 2.52 bits per heavy atom. The Morgan fingerprint density at radius 2 is 1.96 bits per heavy atom. The predicted molar refractivity (Wildman–Crippen MR) is 75.6 cm³/mol. The zero-order valence-electron chi connectivity index (χ0n) is 11.7. The lowest BCUT2D eigenvalue weighted by Gasteiger charge is -2.32. The molecular weight excluding hydrogens is 359 g/mol. The van der Waals surface area contributed by atoms with Crippen LogP contribution in [-0.2, 0) is 21.0 Å². The molecule has 1 saturated heterocycles. The summed E-state index contributed by atoms with van der Waals surface area (Å²) in [6.45, 7) is -0.0775. The molecular formula is C13H13ClF3NO4S. The van der Waals surface area contributed by atoms with Crippen LogP contribution >= 0.6 is 11.6 Å². The molecule has 23 heavy (non-hydrogen) atoms. The lowest BCUT2D eigenvalue weighted by atomic mass is 10.1. The van der Waals surface area contributed by atoms with Gasteiger partial charge in [0.05, 0.1) is 10.6 Å². The molecule has 0 radical (unpaired) electrons. The molecule has 1 aromatic rings. The normalized spacial score (nSPS) is 20.4. The van der Waals surface area contributed by atoms with Crippen molar-refractivity contribution in [3.05, 3.63) is 28.8 Å². The van der Waals surface area contributed by atoms with E-state index in [1.807, 2.05) is 0 Å². The lowest BCUT2D eigenvalue weighted by molar-refractivity contribution is -0.142. The first-order valence-electron chi connectivity index (χ1n) is 6.66. The maximum Gasteiger partial charge on any atom is 0.416 e. The summed E-state index contributed by atoms with van der Waals surface area (Å²) >= 11 is 5.76. The second-order valence-corrected chi connectivity index (χ2v) is 7.37. The number of nitrogens with zero attached hydrogens (tertiary/aromatic N) is 1. The van der Waals surface area contributed by atoms with Crippen molar-refractivity contribution in [1.82, 2.24) is 4.31 Å². The van der Waals surface area contributed by atoms with Crippen LogP contribution in [0.25, 0.3) is 0 Å². The third-order valence-corrected chi connectivity index (χ3v) is 5.97. The van der Waals surface area contributed by atoms with E-state index >= 15 is 0 Å². The topological polar surface area (TPSA) is 74.7 Å². The molecule has 128 valence electrons. The standard InChI is InChI=1S/C13H13ClF3NO4S/c14-9-5-4-8(13(15,16)17)7-11(9)23(21,22)18-6-2-1-3-10(18)12(19)20/h4-5,7,10H,1-3,6H2,(H,19,20). The highest BCUT2D eigenvalue weighted by molar-refractivity contribution is 7.89. The highest BCUT2D eigenvalue weighted by Gasteiger charge is 2.40. The fraction of sp³-hybridized carbons (Fsp3) is 0.462. The number of aliphatic carboxylic acids is 1. The average Bonchev–Trinajstić information content (AvgIpc) is 2.46. The Morgan fingerprint density at radius 1 is 1.30 bits per heavy atom. The summed E-state index contributed by atoms with van der Waals surface area (Å²) in [6, 6.07) is 0.647. The zero-order chi connectivity index (χ0) is 17.4. The number of rotatable bonds is 3. The number of sulfonamides is 1. The number of benzene rings is 1. The van der Waals surface area contributed by atoms with Crippen LogP contribution in [0, 0.1) is 0 Å². The number of halogens is 4. The number of carbonyl (C=O) groups is 1. The van der Waals surface area contributed by atoms with Crippen LogP contribution in [0.2, 0.25) is 5.02 Å². The average molecular weight is 372 g/mol. The first kappa shape index (κ1) is 18.0. The molecule has 0 aliphatic carbocycles. The van der Waals surface area contributed by atoms with Gasteiger partial charge in [0.1, 0.15) is 10.9 Å². The van der Waals surface area contributed by atoms with E-state index in [-0.39, 0.29) is 18.0 Å². The number of carboxylic acid groups (broad SMARTS) is 1. The van der Waals surface area contributed by atoms with E-state index in [2.05, 4.69) is 0 Å². The summed E-state index contributed by atoms with van der Waals surface area (Å²) in [5.74, 6) is -1.34. The number of hydrogen-bond acceptors (Lipinski definition) is 3. The predicted octanol–water partition coefficient (Wildman–Crippen LogP) is 2.99. The monoisotopic (exact) mass is 371 g/mol. The van der Waals surface area contributed by atoms with Gasteiger partial charge in [0.15, 0.2) is 0 Å². The van der Waals surface area contributed by atoms with Crippen molar-refractivity contribution in [2.24, 2.45) is 0 Å². The SMILES string of the molecule is O=C(O)C1CCCCN1S(=O)(=O)c1cc(C(F)(F)F)ccc1Cl. The molecule has 1 atom stereocenters. The van der Waals surface area contributed by atoms with Gasteiger partial charge in [-0.15, -0.1) is 0 Å². The van der Waals surface area contributed by atoms with Crippen molar-refractivity contribution >= 4 is 27.6 Å². The number of alkyl halides is 3. The lowest BCUT2D eigenvalue weighted by Crippen LogP contribution is -2.47. The molecule has 0 aromatic heterocycles. The fourth-order valence-electron chi connectivity index (χ4n) is 2.44. The Bertz CT molecular complexity index is 720. The quantitative estimate of drug-likeness (QED) is 0.886. The Balaban J connectivity index is 2.52. The van der Waals surface area contributed by atoms with Crippen LogP contribution in [0.5, 0.6) is 0 Å². The highest BCUT2D eigenvalue weighted by Crippen LogP contribution is 2.35. The highest BCUT2D eigenvalue weighted by atomic mass is 35.5. The van der Waals surface area contributed by atoms with E-state index in [1.165, 1.54) is 0 Å². The molecule has 2 rings (SSSR count). The maximum atomic E-state index is 12.8. The summed E-state index contributed by atoms with van der Waals surface area (Å²) in [5, 5.41) is 8.77. The molecule has 10 heteroatoms. The van der Waals surface area contributed by atoms with Gasteiger partial charge in [-0.1, -0.05) is 11.6 Å². The Labute approximate surface area is 135 Å². The van der Waals surface area contributed by atoms with Gasteiger partial charge in [0.25, 0.3) is 0 Å². The molecule has 1 aliphatic rings. The van der Waals surface area contributed by atoms with Crippen LogP contribution in [0.3, 0.4) is 0 Å². The van der Waals surface area contributed by atoms with Gasteiger partial charge in [-0.3, -0.25) is 4.79 Å². The van der Waals surface area contributed by atoms with Gasteiger partial charge in [0, 0.05) is 6.54 Å². The van der Waals surface area contributed by atoms with Gasteiger partial charge in [0.2, 0.25) is 10.0 Å². The number of hydrogen-bond donors (Lipinski definition) is 1. The minimum atomic E-state index is -4.73. The minimum absolute atomic E-state index is 0.0775. The van der Waals surface area contributed by atoms with Gasteiger partial charge >= 0.3 is 12.1 Å². The third-order valence-electron chi connectivity index (χ3n) is 3.58. The van der Waals surface area contributed by atoms with Gasteiger partial charge in [-0.25, -0.2) is 8.42 Å². The molecule has 1 fully saturated rings. The van der Waals surface area contributed by atoms with Crippen molar-refractivity contribution in [3.8, 4) is 0 Å². The second kappa shape index (κ2) is 6.29. The summed E-state index contributed by atoms with van der Waals surface area (Å²) in [4.78, 5) is 10.5. The van der Waals surface area contributed by atoms with Crippen LogP contribution in [0.4, 0.5) is 13.2 Å². The second-order valence-electron chi connectivity index (χ2n) is 5.11. The minimum Gasteiger partial charge on any atom is -0.480 e. The van der Waals surface area contributed by atoms with Gasteiger partial charge in [-0.2, -0.15) is 17.5 Å². The van der Waals surface area contributed by atoms with Crippen molar-refractivity contribution in [1.29, 1.82) is 0 Å². The van der Waals surface area contributed by atoms with Crippen LogP contribution in [0.15, 0.2) is 23.1 Å². The van der Waals surface area contributed by atoms with E-state index in [4.69, 9.17) is 16.7 Å². The molecule has 1 unspecified atom stereocenters. The summed E-state index contributed by atoms with van der Waals surface area (Å²) in [5.41, 5.74) is -1.16. The number of carboxylic acids is 1. The molecule has 0 spiro atoms. The third kappa shape index (κ3) is 3.61. The fourth-order valence-corrected chi connectivity index (χ4v) is 4.60. The van der Waals surface area contributed by atoms with Crippen molar-refractivity contribution in [3.63, 3.8) is 0 Å². The maximum absolute atomic E-state index is 12.8. The Kier molecular flexibility index (Phi) is 4.93. The van der Waals surface area contributed by atoms with Crippen molar-refractivity contribution in [2.45, 2.75) is 36.4 Å². The molecule has 1 heterocycles. The van der Waals surface area contributed by atoms with E-state index in [0.717, 1.165) is 6.07 Å². The van der Waals surface area contributed by atoms with Crippen molar-refractivity contribution in [2.75, 3.05) is 6.54 Å². The van der Waals surface area contributed by atoms with Crippen LogP contribution in [-0.4, -0.2) is 36.4 Å². The van der Waals surface area contributed by atoms with E-state index in [1.54, 1.807) is 0 Å². The Hall–Kier alpha value is -1.32.